The molecule has 1 N–H and O–H groups in total. The van der Waals surface area contributed by atoms with Crippen LogP contribution in [-0.2, 0) is 11.3 Å². The number of halogens is 1. The van der Waals surface area contributed by atoms with E-state index in [9.17, 15) is 9.18 Å². The summed E-state index contributed by atoms with van der Waals surface area (Å²) in [4.78, 5) is 14.6. The fourth-order valence-corrected chi connectivity index (χ4v) is 2.93. The summed E-state index contributed by atoms with van der Waals surface area (Å²) in [6.45, 7) is 4.97. The van der Waals surface area contributed by atoms with Crippen LogP contribution in [0.5, 0.6) is 0 Å². The number of rotatable bonds is 5. The molecule has 116 valence electrons. The standard InChI is InChI=1S/C16H23FN2O2/c1-12-4-3-7-19(9-12)10-13-5-6-14(17)15(8-13)18(2)11-16(20)21/h5-6,8,12H,3-4,7,9-11H2,1-2H3,(H,20,21). The second kappa shape index (κ2) is 6.89. The van der Waals surface area contributed by atoms with Crippen molar-refractivity contribution in [1.29, 1.82) is 0 Å². The number of piperidine rings is 1. The van der Waals surface area contributed by atoms with E-state index in [0.717, 1.165) is 25.2 Å². The largest absolute Gasteiger partial charge is 0.480 e. The molecule has 0 spiro atoms. The van der Waals surface area contributed by atoms with Gasteiger partial charge in [-0.05, 0) is 43.0 Å². The molecule has 4 nitrogen and oxygen atoms in total. The minimum Gasteiger partial charge on any atom is -0.480 e. The Hall–Kier alpha value is -1.62. The van der Waals surface area contributed by atoms with Gasteiger partial charge in [0.25, 0.3) is 0 Å². The molecule has 1 atom stereocenters. The highest BCUT2D eigenvalue weighted by Gasteiger charge is 2.17. The van der Waals surface area contributed by atoms with Gasteiger partial charge >= 0.3 is 5.97 Å². The first kappa shape index (κ1) is 15.8. The van der Waals surface area contributed by atoms with Crippen molar-refractivity contribution in [2.75, 3.05) is 31.6 Å². The fourth-order valence-electron chi connectivity index (χ4n) is 2.93. The first-order valence-corrected chi connectivity index (χ1v) is 7.39. The average molecular weight is 294 g/mol. The van der Waals surface area contributed by atoms with E-state index in [1.54, 1.807) is 19.2 Å². The number of nitrogens with zero attached hydrogens (tertiary/aromatic N) is 2. The lowest BCUT2D eigenvalue weighted by molar-refractivity contribution is -0.135. The van der Waals surface area contributed by atoms with E-state index in [1.807, 2.05) is 0 Å². The predicted molar refractivity (Wildman–Crippen MR) is 81.0 cm³/mol. The first-order chi connectivity index (χ1) is 9.95. The molecule has 0 aromatic heterocycles. The summed E-state index contributed by atoms with van der Waals surface area (Å²) >= 11 is 0. The molecule has 0 aliphatic carbocycles. The summed E-state index contributed by atoms with van der Waals surface area (Å²) in [5.74, 6) is -0.643. The van der Waals surface area contributed by atoms with Gasteiger partial charge < -0.3 is 10.0 Å². The molecule has 1 aliphatic rings. The zero-order valence-corrected chi connectivity index (χ0v) is 12.7. The molecule has 0 saturated carbocycles. The molecule has 0 bridgehead atoms. The highest BCUT2D eigenvalue weighted by atomic mass is 19.1. The molecular weight excluding hydrogens is 271 g/mol. The summed E-state index contributed by atoms with van der Waals surface area (Å²) in [6.07, 6.45) is 2.47. The molecule has 1 heterocycles. The molecule has 1 saturated heterocycles. The molecule has 1 aromatic carbocycles. The fraction of sp³-hybridized carbons (Fsp3) is 0.562. The van der Waals surface area contributed by atoms with Crippen LogP contribution in [0.1, 0.15) is 25.3 Å². The molecule has 1 unspecified atom stereocenters. The first-order valence-electron chi connectivity index (χ1n) is 7.39. The number of carboxylic acids is 1. The van der Waals surface area contributed by atoms with Gasteiger partial charge in [-0.1, -0.05) is 13.0 Å². The van der Waals surface area contributed by atoms with E-state index in [0.29, 0.717) is 11.6 Å². The van der Waals surface area contributed by atoms with Crippen molar-refractivity contribution in [3.05, 3.63) is 29.6 Å². The molecule has 0 amide bonds. The number of carboxylic acid groups (broad SMARTS) is 1. The number of anilines is 1. The minimum absolute atomic E-state index is 0.207. The van der Waals surface area contributed by atoms with E-state index in [1.165, 1.54) is 23.8 Å². The zero-order chi connectivity index (χ0) is 15.4. The topological polar surface area (TPSA) is 43.8 Å². The van der Waals surface area contributed by atoms with Gasteiger partial charge in [-0.25, -0.2) is 4.39 Å². The van der Waals surface area contributed by atoms with Gasteiger partial charge in [0.2, 0.25) is 0 Å². The van der Waals surface area contributed by atoms with Crippen molar-refractivity contribution in [2.45, 2.75) is 26.3 Å². The summed E-state index contributed by atoms with van der Waals surface area (Å²) in [6, 6.07) is 4.97. The maximum Gasteiger partial charge on any atom is 0.323 e. The molecule has 1 aliphatic heterocycles. The van der Waals surface area contributed by atoms with E-state index in [-0.39, 0.29) is 12.4 Å². The van der Waals surface area contributed by atoms with Crippen molar-refractivity contribution in [3.8, 4) is 0 Å². The molecule has 21 heavy (non-hydrogen) atoms. The highest BCUT2D eigenvalue weighted by molar-refractivity contribution is 5.73. The summed E-state index contributed by atoms with van der Waals surface area (Å²) < 4.78 is 13.9. The summed E-state index contributed by atoms with van der Waals surface area (Å²) in [7, 11) is 1.60. The molecule has 2 rings (SSSR count). The number of benzene rings is 1. The molecule has 1 fully saturated rings. The Kier molecular flexibility index (Phi) is 5.17. The van der Waals surface area contributed by atoms with Crippen molar-refractivity contribution >= 4 is 11.7 Å². The van der Waals surface area contributed by atoms with Crippen LogP contribution in [0.15, 0.2) is 18.2 Å². The SMILES string of the molecule is CC1CCCN(Cc2ccc(F)c(N(C)CC(=O)O)c2)C1. The number of hydrogen-bond donors (Lipinski definition) is 1. The third-order valence-electron chi connectivity index (χ3n) is 3.94. The Balaban J connectivity index is 2.08. The lowest BCUT2D eigenvalue weighted by Crippen LogP contribution is -2.33. The van der Waals surface area contributed by atoms with Gasteiger partial charge in [-0.2, -0.15) is 0 Å². The average Bonchev–Trinajstić information content (AvgIpc) is 2.40. The number of aliphatic carboxylic acids is 1. The Morgan fingerprint density at radius 2 is 2.29 bits per heavy atom. The second-order valence-electron chi connectivity index (χ2n) is 6.02. The third kappa shape index (κ3) is 4.43. The van der Waals surface area contributed by atoms with Gasteiger partial charge in [0, 0.05) is 20.1 Å². The minimum atomic E-state index is -0.966. The smallest absolute Gasteiger partial charge is 0.323 e. The zero-order valence-electron chi connectivity index (χ0n) is 12.7. The lowest BCUT2D eigenvalue weighted by atomic mass is 10.00. The normalized spacial score (nSPS) is 19.5. The number of carbonyl (C=O) groups is 1. The lowest BCUT2D eigenvalue weighted by Gasteiger charge is -2.31. The van der Waals surface area contributed by atoms with E-state index in [4.69, 9.17) is 5.11 Å². The Morgan fingerprint density at radius 1 is 1.52 bits per heavy atom. The van der Waals surface area contributed by atoms with Crippen LogP contribution in [0.25, 0.3) is 0 Å². The predicted octanol–water partition coefficient (Wildman–Crippen LogP) is 2.58. The molecule has 5 heteroatoms. The van der Waals surface area contributed by atoms with E-state index >= 15 is 0 Å². The molecule has 0 radical (unpaired) electrons. The Morgan fingerprint density at radius 3 is 2.95 bits per heavy atom. The van der Waals surface area contributed by atoms with Crippen LogP contribution in [0.3, 0.4) is 0 Å². The van der Waals surface area contributed by atoms with Crippen LogP contribution in [0.2, 0.25) is 0 Å². The monoisotopic (exact) mass is 294 g/mol. The van der Waals surface area contributed by atoms with Crippen LogP contribution in [0.4, 0.5) is 10.1 Å². The Bertz CT molecular complexity index is 507. The number of likely N-dealkylation sites (N-methyl/N-ethyl adjacent to an activating group) is 1. The van der Waals surface area contributed by atoms with Crippen LogP contribution in [-0.4, -0.2) is 42.7 Å². The van der Waals surface area contributed by atoms with Gasteiger partial charge in [-0.3, -0.25) is 9.69 Å². The van der Waals surface area contributed by atoms with Crippen molar-refractivity contribution in [2.24, 2.45) is 5.92 Å². The van der Waals surface area contributed by atoms with Gasteiger partial charge in [0.05, 0.1) is 5.69 Å². The maximum atomic E-state index is 13.9. The number of likely N-dealkylation sites (tertiary alicyclic amines) is 1. The van der Waals surface area contributed by atoms with Crippen LogP contribution in [0, 0.1) is 11.7 Å². The van der Waals surface area contributed by atoms with Gasteiger partial charge in [0.1, 0.15) is 12.4 Å². The van der Waals surface area contributed by atoms with Crippen molar-refractivity contribution < 1.29 is 14.3 Å². The maximum absolute atomic E-state index is 13.9. The third-order valence-corrected chi connectivity index (χ3v) is 3.94. The van der Waals surface area contributed by atoms with Crippen molar-refractivity contribution in [1.82, 2.24) is 4.90 Å². The van der Waals surface area contributed by atoms with Gasteiger partial charge in [-0.15, -0.1) is 0 Å². The quantitative estimate of drug-likeness (QED) is 0.906. The Labute approximate surface area is 125 Å². The summed E-state index contributed by atoms with van der Waals surface area (Å²) in [5.41, 5.74) is 1.37. The molecular formula is C16H23FN2O2. The molecule has 1 aromatic rings. The highest BCUT2D eigenvalue weighted by Crippen LogP contribution is 2.23. The van der Waals surface area contributed by atoms with Crippen LogP contribution < -0.4 is 4.90 Å². The summed E-state index contributed by atoms with van der Waals surface area (Å²) in [5, 5.41) is 8.82. The second-order valence-corrected chi connectivity index (χ2v) is 6.02. The van der Waals surface area contributed by atoms with E-state index < -0.39 is 5.97 Å². The van der Waals surface area contributed by atoms with E-state index in [2.05, 4.69) is 11.8 Å². The van der Waals surface area contributed by atoms with Crippen molar-refractivity contribution in [3.63, 3.8) is 0 Å². The van der Waals surface area contributed by atoms with Crippen LogP contribution >= 0.6 is 0 Å². The number of hydrogen-bond acceptors (Lipinski definition) is 3. The van der Waals surface area contributed by atoms with Gasteiger partial charge in [0.15, 0.2) is 0 Å².